The van der Waals surface area contributed by atoms with Crippen LogP contribution in [-0.2, 0) is 9.53 Å². The number of halogens is 2. The van der Waals surface area contributed by atoms with Crippen molar-refractivity contribution in [3.8, 4) is 0 Å². The molecule has 0 radical (unpaired) electrons. The topological polar surface area (TPSA) is 46.5 Å². The fourth-order valence-corrected chi connectivity index (χ4v) is 8.24. The molecule has 102 valence electrons. The number of ether oxygens (including phenoxy) is 1. The molecule has 7 fully saturated rings. The maximum atomic E-state index is 14.5. The van der Waals surface area contributed by atoms with Gasteiger partial charge in [0.15, 0.2) is 5.60 Å². The van der Waals surface area contributed by atoms with E-state index in [1.807, 2.05) is 6.92 Å². The average molecular weight is 268 g/mol. The Balaban J connectivity index is 1.67. The highest BCUT2D eigenvalue weighted by Crippen LogP contribution is 2.94. The zero-order valence-corrected chi connectivity index (χ0v) is 10.3. The van der Waals surface area contributed by atoms with Crippen LogP contribution in [0.15, 0.2) is 0 Å². The van der Waals surface area contributed by atoms with Crippen LogP contribution in [0.25, 0.3) is 0 Å². The van der Waals surface area contributed by atoms with Crippen LogP contribution in [0.3, 0.4) is 0 Å². The molecule has 5 heteroatoms. The summed E-state index contributed by atoms with van der Waals surface area (Å²) < 4.78 is 34.9. The largest absolute Gasteiger partial charge is 0.477 e. The second-order valence-corrected chi connectivity index (χ2v) is 7.78. The number of carboxylic acid groups (broad SMARTS) is 1. The van der Waals surface area contributed by atoms with Crippen molar-refractivity contribution in [3.63, 3.8) is 0 Å². The summed E-state index contributed by atoms with van der Waals surface area (Å²) in [6.07, 6.45) is 1.05. The lowest BCUT2D eigenvalue weighted by atomic mass is 9.54. The number of hydrogen-bond donors (Lipinski definition) is 1. The normalized spacial score (nSPS) is 72.4. The predicted octanol–water partition coefficient (Wildman–Crippen LogP) is 1.62. The molecule has 0 amide bonds. The van der Waals surface area contributed by atoms with Crippen molar-refractivity contribution in [3.05, 3.63) is 0 Å². The van der Waals surface area contributed by atoms with Crippen LogP contribution in [0.4, 0.5) is 8.78 Å². The second kappa shape index (κ2) is 2.14. The van der Waals surface area contributed by atoms with Crippen molar-refractivity contribution in [1.29, 1.82) is 0 Å². The molecule has 2 heterocycles. The first kappa shape index (κ1) is 10.1. The molecule has 10 atom stereocenters. The Kier molecular flexibility index (Phi) is 1.14. The van der Waals surface area contributed by atoms with Gasteiger partial charge in [-0.3, -0.25) is 0 Å². The SMILES string of the molecule is CC12OC3(C(F)(F)C(=O)O)C4C5CC(C6C5C3C61)C42. The maximum absolute atomic E-state index is 14.5. The van der Waals surface area contributed by atoms with Gasteiger partial charge in [-0.2, -0.15) is 8.78 Å². The van der Waals surface area contributed by atoms with E-state index in [1.54, 1.807) is 0 Å². The first-order valence-corrected chi connectivity index (χ1v) is 7.19. The monoisotopic (exact) mass is 268 g/mol. The van der Waals surface area contributed by atoms with Gasteiger partial charge in [-0.1, -0.05) is 0 Å². The summed E-state index contributed by atoms with van der Waals surface area (Å²) in [5.74, 6) is -3.94. The lowest BCUT2D eigenvalue weighted by Gasteiger charge is -2.47. The van der Waals surface area contributed by atoms with Crippen LogP contribution < -0.4 is 0 Å². The molecule has 4 bridgehead atoms. The summed E-state index contributed by atoms with van der Waals surface area (Å²) in [5, 5.41) is 9.03. The smallest absolute Gasteiger partial charge is 0.377 e. The molecule has 3 nitrogen and oxygen atoms in total. The summed E-state index contributed by atoms with van der Waals surface area (Å²) in [6, 6.07) is 0. The zero-order valence-electron chi connectivity index (χ0n) is 10.3. The highest BCUT2D eigenvalue weighted by atomic mass is 19.3. The van der Waals surface area contributed by atoms with Gasteiger partial charge in [0, 0.05) is 11.8 Å². The molecule has 7 aliphatic rings. The van der Waals surface area contributed by atoms with Gasteiger partial charge in [-0.05, 0) is 48.9 Å². The van der Waals surface area contributed by atoms with Gasteiger partial charge in [0.05, 0.1) is 5.60 Å². The first-order chi connectivity index (χ1) is 8.87. The van der Waals surface area contributed by atoms with Gasteiger partial charge < -0.3 is 9.84 Å². The van der Waals surface area contributed by atoms with Crippen molar-refractivity contribution in [1.82, 2.24) is 0 Å². The number of hydrogen-bond acceptors (Lipinski definition) is 2. The molecule has 10 unspecified atom stereocenters. The van der Waals surface area contributed by atoms with Crippen LogP contribution in [0.2, 0.25) is 0 Å². The molecular weight excluding hydrogens is 254 g/mol. The lowest BCUT2D eigenvalue weighted by Crippen LogP contribution is -2.61. The third-order valence-corrected chi connectivity index (χ3v) is 7.97. The first-order valence-electron chi connectivity index (χ1n) is 7.19. The lowest BCUT2D eigenvalue weighted by molar-refractivity contribution is -0.227. The van der Waals surface area contributed by atoms with E-state index < -0.39 is 23.1 Å². The molecule has 2 aliphatic heterocycles. The van der Waals surface area contributed by atoms with Gasteiger partial charge in [-0.25, -0.2) is 4.79 Å². The average Bonchev–Trinajstić information content (AvgIpc) is 2.88. The highest BCUT2D eigenvalue weighted by molar-refractivity contribution is 5.78. The third kappa shape index (κ3) is 0.569. The van der Waals surface area contributed by atoms with Crippen LogP contribution >= 0.6 is 0 Å². The number of aliphatic carboxylic acids is 1. The van der Waals surface area contributed by atoms with Crippen molar-refractivity contribution in [2.24, 2.45) is 47.3 Å². The van der Waals surface area contributed by atoms with Crippen molar-refractivity contribution in [2.75, 3.05) is 0 Å². The standard InChI is InChI=1S/C14H14F2O3/c1-12-7-3-2-4-6-5(3)9(12)10(6)13(19-12,8(4)7)14(15,16)11(17)18/h3-10H,2H2,1H3,(H,17,18). The van der Waals surface area contributed by atoms with Crippen LogP contribution in [0, 0.1) is 47.3 Å². The van der Waals surface area contributed by atoms with Gasteiger partial charge in [0.2, 0.25) is 0 Å². The minimum atomic E-state index is -3.73. The molecule has 19 heavy (non-hydrogen) atoms. The Labute approximate surface area is 108 Å². The van der Waals surface area contributed by atoms with E-state index in [4.69, 9.17) is 9.84 Å². The molecule has 5 saturated carbocycles. The summed E-state index contributed by atoms with van der Waals surface area (Å²) >= 11 is 0. The Hall–Kier alpha value is -0.710. The van der Waals surface area contributed by atoms with E-state index in [9.17, 15) is 13.6 Å². The Bertz CT molecular complexity index is 577. The van der Waals surface area contributed by atoms with Crippen molar-refractivity contribution < 1.29 is 23.4 Å². The van der Waals surface area contributed by atoms with Crippen molar-refractivity contribution in [2.45, 2.75) is 30.5 Å². The molecule has 0 spiro atoms. The summed E-state index contributed by atoms with van der Waals surface area (Å²) in [7, 11) is 0. The van der Waals surface area contributed by atoms with E-state index in [2.05, 4.69) is 0 Å². The fourth-order valence-electron chi connectivity index (χ4n) is 8.24. The highest BCUT2D eigenvalue weighted by Gasteiger charge is 3.00. The number of carbonyl (C=O) groups is 1. The molecule has 0 aromatic rings. The zero-order chi connectivity index (χ0) is 13.1. The molecule has 1 N–H and O–H groups in total. The van der Waals surface area contributed by atoms with E-state index in [-0.39, 0.29) is 23.7 Å². The van der Waals surface area contributed by atoms with Gasteiger partial charge in [0.25, 0.3) is 0 Å². The van der Waals surface area contributed by atoms with Crippen LogP contribution in [-0.4, -0.2) is 28.2 Å². The Morgan fingerprint density at radius 3 is 2.53 bits per heavy atom. The Morgan fingerprint density at radius 2 is 1.84 bits per heavy atom. The Morgan fingerprint density at radius 1 is 1.21 bits per heavy atom. The summed E-state index contributed by atoms with van der Waals surface area (Å²) in [4.78, 5) is 11.1. The fraction of sp³-hybridized carbons (Fsp3) is 0.929. The quantitative estimate of drug-likeness (QED) is 0.828. The number of alkyl halides is 2. The number of carboxylic acids is 1. The van der Waals surface area contributed by atoms with E-state index in [0.717, 1.165) is 6.42 Å². The minimum Gasteiger partial charge on any atom is -0.477 e. The second-order valence-electron chi connectivity index (χ2n) is 7.78. The van der Waals surface area contributed by atoms with E-state index >= 15 is 0 Å². The predicted molar refractivity (Wildman–Crippen MR) is 57.3 cm³/mol. The molecule has 2 saturated heterocycles. The summed E-state index contributed by atoms with van der Waals surface area (Å²) in [6.45, 7) is 1.98. The van der Waals surface area contributed by atoms with Gasteiger partial charge in [0.1, 0.15) is 0 Å². The molecule has 5 aliphatic carbocycles. The molecule has 0 aromatic heterocycles. The van der Waals surface area contributed by atoms with Crippen LogP contribution in [0.1, 0.15) is 13.3 Å². The van der Waals surface area contributed by atoms with Crippen LogP contribution in [0.5, 0.6) is 0 Å². The molecule has 0 aromatic carbocycles. The van der Waals surface area contributed by atoms with Crippen molar-refractivity contribution >= 4 is 5.97 Å². The van der Waals surface area contributed by atoms with E-state index in [1.165, 1.54) is 0 Å². The minimum absolute atomic E-state index is 0.188. The molecule has 7 rings (SSSR count). The van der Waals surface area contributed by atoms with Gasteiger partial charge >= 0.3 is 11.9 Å². The summed E-state index contributed by atoms with van der Waals surface area (Å²) in [5.41, 5.74) is -2.12. The molecular formula is C14H14F2O3. The maximum Gasteiger partial charge on any atom is 0.377 e. The third-order valence-electron chi connectivity index (χ3n) is 7.97. The number of rotatable bonds is 2. The van der Waals surface area contributed by atoms with E-state index in [0.29, 0.717) is 23.7 Å². The van der Waals surface area contributed by atoms with Gasteiger partial charge in [-0.15, -0.1) is 0 Å².